The van der Waals surface area contributed by atoms with Crippen LogP contribution >= 0.6 is 0 Å². The molecule has 0 radical (unpaired) electrons. The first-order valence-corrected chi connectivity index (χ1v) is 5.80. The van der Waals surface area contributed by atoms with Crippen LogP contribution in [-0.4, -0.2) is 24.3 Å². The normalized spacial score (nSPS) is 20.7. The van der Waals surface area contributed by atoms with Crippen LogP contribution < -0.4 is 5.32 Å². The van der Waals surface area contributed by atoms with E-state index in [2.05, 4.69) is 29.6 Å². The summed E-state index contributed by atoms with van der Waals surface area (Å²) in [6, 6.07) is 9.24. The van der Waals surface area contributed by atoms with Crippen molar-refractivity contribution in [3.05, 3.63) is 35.4 Å². The lowest BCUT2D eigenvalue weighted by atomic mass is 10.0. The van der Waals surface area contributed by atoms with Crippen molar-refractivity contribution in [3.63, 3.8) is 0 Å². The van der Waals surface area contributed by atoms with Crippen molar-refractivity contribution < 1.29 is 5.11 Å². The average Bonchev–Trinajstić information content (AvgIpc) is 2.71. The van der Waals surface area contributed by atoms with E-state index in [1.165, 1.54) is 30.5 Å². The molecule has 2 rings (SSSR count). The van der Waals surface area contributed by atoms with Crippen molar-refractivity contribution in [2.75, 3.05) is 13.2 Å². The third-order valence-corrected chi connectivity index (χ3v) is 3.04. The molecule has 0 aliphatic carbocycles. The molecule has 0 amide bonds. The highest BCUT2D eigenvalue weighted by Crippen LogP contribution is 2.13. The lowest BCUT2D eigenvalue weighted by Crippen LogP contribution is -2.23. The zero-order valence-corrected chi connectivity index (χ0v) is 9.08. The van der Waals surface area contributed by atoms with Gasteiger partial charge in [0.1, 0.15) is 0 Å². The molecule has 0 spiro atoms. The summed E-state index contributed by atoms with van der Waals surface area (Å²) >= 11 is 0. The van der Waals surface area contributed by atoms with Crippen LogP contribution in [-0.2, 0) is 12.8 Å². The highest BCUT2D eigenvalue weighted by atomic mass is 16.2. The largest absolute Gasteiger partial charge is 0.396 e. The molecular formula is C13H19NO. The van der Waals surface area contributed by atoms with E-state index in [0.29, 0.717) is 6.04 Å². The van der Waals surface area contributed by atoms with Crippen LogP contribution in [0.2, 0.25) is 0 Å². The van der Waals surface area contributed by atoms with E-state index in [9.17, 15) is 0 Å². The molecule has 0 bridgehead atoms. The molecule has 2 N–H and O–H groups in total. The fourth-order valence-corrected chi connectivity index (χ4v) is 2.26. The standard InChI is InChI=1S/C13H19NO/c15-8-6-11-3-1-4-12(9-11)10-13-5-2-7-14-13/h1,3-4,9,13-15H,2,5-8,10H2. The van der Waals surface area contributed by atoms with Crippen LogP contribution in [0.4, 0.5) is 0 Å². The second kappa shape index (κ2) is 5.29. The van der Waals surface area contributed by atoms with Gasteiger partial charge in [-0.05, 0) is 43.4 Å². The third-order valence-electron chi connectivity index (χ3n) is 3.04. The van der Waals surface area contributed by atoms with Gasteiger partial charge in [-0.2, -0.15) is 0 Å². The zero-order chi connectivity index (χ0) is 10.5. The molecule has 2 heteroatoms. The van der Waals surface area contributed by atoms with Crippen molar-refractivity contribution in [2.45, 2.75) is 31.7 Å². The predicted octanol–water partition coefficient (Wildman–Crippen LogP) is 1.52. The summed E-state index contributed by atoms with van der Waals surface area (Å²) in [5.74, 6) is 0. The molecule has 1 aliphatic heterocycles. The van der Waals surface area contributed by atoms with Crippen LogP contribution in [0.25, 0.3) is 0 Å². The van der Waals surface area contributed by atoms with Crippen molar-refractivity contribution in [3.8, 4) is 0 Å². The number of aliphatic hydroxyl groups excluding tert-OH is 1. The fraction of sp³-hybridized carbons (Fsp3) is 0.538. The summed E-state index contributed by atoms with van der Waals surface area (Å²) in [6.45, 7) is 1.41. The minimum Gasteiger partial charge on any atom is -0.396 e. The first-order chi connectivity index (χ1) is 7.38. The second-order valence-electron chi connectivity index (χ2n) is 4.29. The van der Waals surface area contributed by atoms with Gasteiger partial charge in [-0.3, -0.25) is 0 Å². The van der Waals surface area contributed by atoms with Gasteiger partial charge in [0.25, 0.3) is 0 Å². The monoisotopic (exact) mass is 205 g/mol. The van der Waals surface area contributed by atoms with Crippen LogP contribution in [0.15, 0.2) is 24.3 Å². The Morgan fingerprint density at radius 2 is 2.20 bits per heavy atom. The van der Waals surface area contributed by atoms with Gasteiger partial charge in [-0.1, -0.05) is 24.3 Å². The molecule has 1 fully saturated rings. The number of rotatable bonds is 4. The molecule has 82 valence electrons. The number of nitrogens with one attached hydrogen (secondary N) is 1. The smallest absolute Gasteiger partial charge is 0.0471 e. The Labute approximate surface area is 91.3 Å². The lowest BCUT2D eigenvalue weighted by Gasteiger charge is -2.10. The minimum absolute atomic E-state index is 0.241. The SMILES string of the molecule is OCCc1cccc(CC2CCCN2)c1. The molecule has 1 aromatic carbocycles. The molecule has 1 unspecified atom stereocenters. The Hall–Kier alpha value is -0.860. The molecule has 15 heavy (non-hydrogen) atoms. The van der Waals surface area contributed by atoms with Crippen LogP contribution in [0.1, 0.15) is 24.0 Å². The highest BCUT2D eigenvalue weighted by molar-refractivity contribution is 5.24. The summed E-state index contributed by atoms with van der Waals surface area (Å²) in [5, 5.41) is 12.4. The maximum atomic E-state index is 8.88. The van der Waals surface area contributed by atoms with Crippen LogP contribution in [0, 0.1) is 0 Å². The van der Waals surface area contributed by atoms with Gasteiger partial charge in [0.2, 0.25) is 0 Å². The summed E-state index contributed by atoms with van der Waals surface area (Å²) in [6.07, 6.45) is 4.50. The first kappa shape index (κ1) is 10.7. The number of aliphatic hydroxyl groups is 1. The maximum Gasteiger partial charge on any atom is 0.0471 e. The Morgan fingerprint density at radius 3 is 2.93 bits per heavy atom. The average molecular weight is 205 g/mol. The second-order valence-corrected chi connectivity index (χ2v) is 4.29. The van der Waals surface area contributed by atoms with Crippen molar-refractivity contribution >= 4 is 0 Å². The number of hydrogen-bond donors (Lipinski definition) is 2. The van der Waals surface area contributed by atoms with Crippen LogP contribution in [0.3, 0.4) is 0 Å². The fourth-order valence-electron chi connectivity index (χ4n) is 2.26. The Morgan fingerprint density at radius 1 is 1.33 bits per heavy atom. The maximum absolute atomic E-state index is 8.88. The highest BCUT2D eigenvalue weighted by Gasteiger charge is 2.14. The minimum atomic E-state index is 0.241. The van der Waals surface area contributed by atoms with Crippen LogP contribution in [0.5, 0.6) is 0 Å². The zero-order valence-electron chi connectivity index (χ0n) is 9.08. The summed E-state index contributed by atoms with van der Waals surface area (Å²) < 4.78 is 0. The molecule has 1 aromatic rings. The van der Waals surface area contributed by atoms with E-state index < -0.39 is 0 Å². The lowest BCUT2D eigenvalue weighted by molar-refractivity contribution is 0.299. The summed E-state index contributed by atoms with van der Waals surface area (Å²) in [4.78, 5) is 0. The van der Waals surface area contributed by atoms with E-state index in [4.69, 9.17) is 5.11 Å². The number of hydrogen-bond acceptors (Lipinski definition) is 2. The molecule has 2 nitrogen and oxygen atoms in total. The summed E-state index contributed by atoms with van der Waals surface area (Å²) in [7, 11) is 0. The van der Waals surface area contributed by atoms with E-state index in [1.54, 1.807) is 0 Å². The van der Waals surface area contributed by atoms with E-state index in [1.807, 2.05) is 0 Å². The van der Waals surface area contributed by atoms with Gasteiger partial charge >= 0.3 is 0 Å². The third kappa shape index (κ3) is 3.05. The molecular weight excluding hydrogens is 186 g/mol. The molecule has 1 aliphatic rings. The Bertz CT molecular complexity index is 305. The van der Waals surface area contributed by atoms with Gasteiger partial charge in [-0.25, -0.2) is 0 Å². The molecule has 1 heterocycles. The first-order valence-electron chi connectivity index (χ1n) is 5.80. The van der Waals surface area contributed by atoms with Crippen molar-refractivity contribution in [1.29, 1.82) is 0 Å². The van der Waals surface area contributed by atoms with E-state index >= 15 is 0 Å². The summed E-state index contributed by atoms with van der Waals surface area (Å²) in [5.41, 5.74) is 2.63. The van der Waals surface area contributed by atoms with Gasteiger partial charge in [0.15, 0.2) is 0 Å². The van der Waals surface area contributed by atoms with Crippen molar-refractivity contribution in [2.24, 2.45) is 0 Å². The molecule has 0 saturated carbocycles. The van der Waals surface area contributed by atoms with E-state index in [-0.39, 0.29) is 6.61 Å². The van der Waals surface area contributed by atoms with E-state index in [0.717, 1.165) is 12.8 Å². The van der Waals surface area contributed by atoms with Gasteiger partial charge in [0.05, 0.1) is 0 Å². The molecule has 0 aromatic heterocycles. The topological polar surface area (TPSA) is 32.3 Å². The van der Waals surface area contributed by atoms with Gasteiger partial charge in [0, 0.05) is 12.6 Å². The Balaban J connectivity index is 1.97. The Kier molecular flexibility index (Phi) is 3.75. The van der Waals surface area contributed by atoms with Gasteiger partial charge < -0.3 is 10.4 Å². The molecule has 1 atom stereocenters. The van der Waals surface area contributed by atoms with Crippen molar-refractivity contribution in [1.82, 2.24) is 5.32 Å². The van der Waals surface area contributed by atoms with Gasteiger partial charge in [-0.15, -0.1) is 0 Å². The quantitative estimate of drug-likeness (QED) is 0.781. The number of benzene rings is 1. The molecule has 1 saturated heterocycles. The predicted molar refractivity (Wildman–Crippen MR) is 62.0 cm³/mol.